The third-order valence-electron chi connectivity index (χ3n) is 3.31. The van der Waals surface area contributed by atoms with E-state index in [2.05, 4.69) is 6.07 Å². The Morgan fingerprint density at radius 2 is 1.71 bits per heavy atom. The van der Waals surface area contributed by atoms with Gasteiger partial charge < -0.3 is 15.1 Å². The van der Waals surface area contributed by atoms with Crippen molar-refractivity contribution >= 4 is 5.69 Å². The molecule has 2 aromatic carbocycles. The van der Waals surface area contributed by atoms with Crippen LogP contribution in [-0.4, -0.2) is 29.9 Å². The summed E-state index contributed by atoms with van der Waals surface area (Å²) in [5.41, 5.74) is 2.29. The number of hydrogen-bond acceptors (Lipinski definition) is 4. The summed E-state index contributed by atoms with van der Waals surface area (Å²) >= 11 is 0. The van der Waals surface area contributed by atoms with Crippen molar-refractivity contribution in [3.05, 3.63) is 65.7 Å². The van der Waals surface area contributed by atoms with Crippen LogP contribution >= 0.6 is 0 Å². The first kappa shape index (κ1) is 15.0. The third kappa shape index (κ3) is 4.06. The van der Waals surface area contributed by atoms with Crippen molar-refractivity contribution in [1.82, 2.24) is 0 Å². The Kier molecular flexibility index (Phi) is 5.33. The molecule has 0 fully saturated rings. The maximum atomic E-state index is 10.3. The van der Waals surface area contributed by atoms with Crippen molar-refractivity contribution in [2.45, 2.75) is 6.10 Å². The van der Waals surface area contributed by atoms with Gasteiger partial charge in [-0.15, -0.1) is 0 Å². The standard InChI is InChI=1S/C17H18N2O2/c18-12-14-6-8-15(9-7-14)17(21)13-19(10-11-20)16-4-2-1-3-5-16/h1-9,17,20-21H,10-11,13H2. The van der Waals surface area contributed by atoms with E-state index in [0.29, 0.717) is 18.7 Å². The topological polar surface area (TPSA) is 67.5 Å². The van der Waals surface area contributed by atoms with Crippen LogP contribution < -0.4 is 4.90 Å². The summed E-state index contributed by atoms with van der Waals surface area (Å²) in [6.45, 7) is 0.864. The van der Waals surface area contributed by atoms with Gasteiger partial charge in [0.25, 0.3) is 0 Å². The van der Waals surface area contributed by atoms with Crippen LogP contribution in [0.25, 0.3) is 0 Å². The minimum atomic E-state index is -0.676. The fourth-order valence-corrected chi connectivity index (χ4v) is 2.18. The van der Waals surface area contributed by atoms with E-state index in [1.54, 1.807) is 24.3 Å². The summed E-state index contributed by atoms with van der Waals surface area (Å²) in [5, 5.41) is 28.3. The molecule has 21 heavy (non-hydrogen) atoms. The van der Waals surface area contributed by atoms with E-state index in [1.165, 1.54) is 0 Å². The fraction of sp³-hybridized carbons (Fsp3) is 0.235. The van der Waals surface area contributed by atoms with Gasteiger partial charge in [-0.25, -0.2) is 0 Å². The number of hydrogen-bond donors (Lipinski definition) is 2. The maximum Gasteiger partial charge on any atom is 0.0991 e. The quantitative estimate of drug-likeness (QED) is 0.851. The van der Waals surface area contributed by atoms with Gasteiger partial charge in [0.2, 0.25) is 0 Å². The predicted molar refractivity (Wildman–Crippen MR) is 81.9 cm³/mol. The van der Waals surface area contributed by atoms with Crippen molar-refractivity contribution in [2.75, 3.05) is 24.6 Å². The molecule has 0 heterocycles. The molecule has 2 aromatic rings. The van der Waals surface area contributed by atoms with Gasteiger partial charge in [0.05, 0.1) is 24.3 Å². The van der Waals surface area contributed by atoms with Crippen LogP contribution in [0.4, 0.5) is 5.69 Å². The number of nitriles is 1. The van der Waals surface area contributed by atoms with Crippen LogP contribution in [0, 0.1) is 11.3 Å². The molecule has 0 aromatic heterocycles. The molecule has 0 aliphatic carbocycles. The van der Waals surface area contributed by atoms with Crippen molar-refractivity contribution in [3.63, 3.8) is 0 Å². The molecule has 0 aliphatic rings. The molecule has 0 bridgehead atoms. The average Bonchev–Trinajstić information content (AvgIpc) is 2.55. The number of anilines is 1. The summed E-state index contributed by atoms with van der Waals surface area (Å²) < 4.78 is 0. The Labute approximate surface area is 124 Å². The van der Waals surface area contributed by atoms with Crippen LogP contribution in [0.1, 0.15) is 17.2 Å². The van der Waals surface area contributed by atoms with Crippen LogP contribution in [0.15, 0.2) is 54.6 Å². The number of aliphatic hydroxyl groups excluding tert-OH is 2. The van der Waals surface area contributed by atoms with E-state index in [0.717, 1.165) is 11.3 Å². The van der Waals surface area contributed by atoms with Gasteiger partial charge >= 0.3 is 0 Å². The first-order valence-corrected chi connectivity index (χ1v) is 6.83. The molecular formula is C17H18N2O2. The van der Waals surface area contributed by atoms with E-state index >= 15 is 0 Å². The first-order chi connectivity index (χ1) is 10.2. The highest BCUT2D eigenvalue weighted by atomic mass is 16.3. The molecule has 4 nitrogen and oxygen atoms in total. The normalized spacial score (nSPS) is 11.7. The van der Waals surface area contributed by atoms with Crippen molar-refractivity contribution in [1.29, 1.82) is 5.26 Å². The zero-order valence-electron chi connectivity index (χ0n) is 11.7. The number of para-hydroxylation sites is 1. The zero-order valence-corrected chi connectivity index (χ0v) is 11.7. The highest BCUT2D eigenvalue weighted by molar-refractivity contribution is 5.46. The number of nitrogens with zero attached hydrogens (tertiary/aromatic N) is 2. The second-order valence-electron chi connectivity index (χ2n) is 4.75. The molecule has 0 saturated heterocycles. The van der Waals surface area contributed by atoms with Gasteiger partial charge in [-0.05, 0) is 29.8 Å². The molecule has 2 N–H and O–H groups in total. The van der Waals surface area contributed by atoms with E-state index in [1.807, 2.05) is 35.2 Å². The van der Waals surface area contributed by atoms with Crippen molar-refractivity contribution in [3.8, 4) is 6.07 Å². The molecule has 1 unspecified atom stereocenters. The van der Waals surface area contributed by atoms with Crippen LogP contribution in [-0.2, 0) is 0 Å². The lowest BCUT2D eigenvalue weighted by atomic mass is 10.1. The van der Waals surface area contributed by atoms with E-state index in [-0.39, 0.29) is 6.61 Å². The van der Waals surface area contributed by atoms with Crippen LogP contribution in [0.5, 0.6) is 0 Å². The van der Waals surface area contributed by atoms with Crippen molar-refractivity contribution in [2.24, 2.45) is 0 Å². The number of aliphatic hydroxyl groups is 2. The van der Waals surface area contributed by atoms with E-state index < -0.39 is 6.10 Å². The van der Waals surface area contributed by atoms with Gasteiger partial charge in [-0.2, -0.15) is 5.26 Å². The number of benzene rings is 2. The van der Waals surface area contributed by atoms with Crippen LogP contribution in [0.3, 0.4) is 0 Å². The second kappa shape index (κ2) is 7.44. The fourth-order valence-electron chi connectivity index (χ4n) is 2.18. The third-order valence-corrected chi connectivity index (χ3v) is 3.31. The Bertz CT molecular complexity index is 590. The van der Waals surface area contributed by atoms with E-state index in [4.69, 9.17) is 5.26 Å². The Morgan fingerprint density at radius 1 is 1.05 bits per heavy atom. The summed E-state index contributed by atoms with van der Waals surface area (Å²) in [7, 11) is 0. The largest absolute Gasteiger partial charge is 0.395 e. The lowest BCUT2D eigenvalue weighted by molar-refractivity contribution is 0.180. The molecular weight excluding hydrogens is 264 g/mol. The minimum absolute atomic E-state index is 0.0228. The molecule has 1 atom stereocenters. The highest BCUT2D eigenvalue weighted by Gasteiger charge is 2.13. The van der Waals surface area contributed by atoms with Gasteiger partial charge in [-0.3, -0.25) is 0 Å². The molecule has 0 radical (unpaired) electrons. The Balaban J connectivity index is 2.10. The molecule has 0 aliphatic heterocycles. The summed E-state index contributed by atoms with van der Waals surface area (Å²) in [4.78, 5) is 1.93. The van der Waals surface area contributed by atoms with Gasteiger partial charge in [-0.1, -0.05) is 30.3 Å². The van der Waals surface area contributed by atoms with E-state index in [9.17, 15) is 10.2 Å². The predicted octanol–water partition coefficient (Wildman–Crippen LogP) is 2.09. The maximum absolute atomic E-state index is 10.3. The van der Waals surface area contributed by atoms with Crippen LogP contribution in [0.2, 0.25) is 0 Å². The molecule has 0 spiro atoms. The summed E-state index contributed by atoms with van der Waals surface area (Å²) in [6, 6.07) is 18.6. The molecule has 0 amide bonds. The first-order valence-electron chi connectivity index (χ1n) is 6.83. The molecule has 4 heteroatoms. The second-order valence-corrected chi connectivity index (χ2v) is 4.75. The van der Waals surface area contributed by atoms with Gasteiger partial charge in [0.1, 0.15) is 0 Å². The zero-order chi connectivity index (χ0) is 15.1. The monoisotopic (exact) mass is 282 g/mol. The lowest BCUT2D eigenvalue weighted by Gasteiger charge is -2.26. The number of rotatable bonds is 6. The summed E-state index contributed by atoms with van der Waals surface area (Å²) in [6.07, 6.45) is -0.676. The molecule has 108 valence electrons. The minimum Gasteiger partial charge on any atom is -0.395 e. The van der Waals surface area contributed by atoms with Crippen molar-refractivity contribution < 1.29 is 10.2 Å². The molecule has 0 saturated carbocycles. The summed E-state index contributed by atoms with van der Waals surface area (Å²) in [5.74, 6) is 0. The Morgan fingerprint density at radius 3 is 2.29 bits per heavy atom. The lowest BCUT2D eigenvalue weighted by Crippen LogP contribution is -2.31. The van der Waals surface area contributed by atoms with Gasteiger partial charge in [0.15, 0.2) is 0 Å². The SMILES string of the molecule is N#Cc1ccc(C(O)CN(CCO)c2ccccc2)cc1. The molecule has 2 rings (SSSR count). The smallest absolute Gasteiger partial charge is 0.0991 e. The Hall–Kier alpha value is -2.35. The average molecular weight is 282 g/mol. The van der Waals surface area contributed by atoms with Gasteiger partial charge in [0, 0.05) is 18.8 Å². The highest BCUT2D eigenvalue weighted by Crippen LogP contribution is 2.19.